The highest BCUT2D eigenvalue weighted by Gasteiger charge is 2.42. The second-order valence-corrected chi connectivity index (χ2v) is 11.9. The zero-order valence-corrected chi connectivity index (χ0v) is 23.1. The highest BCUT2D eigenvalue weighted by molar-refractivity contribution is 7.89. The molecule has 12 nitrogen and oxygen atoms in total. The van der Waals surface area contributed by atoms with Gasteiger partial charge in [-0.3, -0.25) is 9.80 Å². The van der Waals surface area contributed by atoms with E-state index in [1.807, 2.05) is 0 Å². The number of fused-ring (bicyclic) bond motifs is 1. The fourth-order valence-corrected chi connectivity index (χ4v) is 6.16. The first-order valence-corrected chi connectivity index (χ1v) is 14.3. The van der Waals surface area contributed by atoms with E-state index in [0.717, 1.165) is 9.87 Å². The zero-order chi connectivity index (χ0) is 28.4. The van der Waals surface area contributed by atoms with Crippen LogP contribution in [0.25, 0.3) is 10.9 Å². The largest absolute Gasteiger partial charge is 0.480 e. The summed E-state index contributed by atoms with van der Waals surface area (Å²) in [4.78, 5) is 29.2. The Hall–Kier alpha value is -3.49. The summed E-state index contributed by atoms with van der Waals surface area (Å²) >= 11 is 6.01. The molecule has 0 spiro atoms. The minimum absolute atomic E-state index is 0.0161. The number of nitrogens with zero attached hydrogens (tertiary/aromatic N) is 4. The number of carboxylic acids is 1. The van der Waals surface area contributed by atoms with Crippen molar-refractivity contribution in [2.75, 3.05) is 39.9 Å². The molecular weight excluding hydrogens is 562 g/mol. The van der Waals surface area contributed by atoms with E-state index in [1.54, 1.807) is 60.7 Å². The number of sulfonamides is 1. The van der Waals surface area contributed by atoms with E-state index in [9.17, 15) is 23.1 Å². The number of hydrogen-bond donors (Lipinski definition) is 2. The number of ether oxygens (including phenoxy) is 2. The van der Waals surface area contributed by atoms with E-state index in [-0.39, 0.29) is 24.4 Å². The van der Waals surface area contributed by atoms with Crippen molar-refractivity contribution in [1.82, 2.24) is 19.2 Å². The van der Waals surface area contributed by atoms with Crippen LogP contribution >= 0.6 is 11.6 Å². The quantitative estimate of drug-likeness (QED) is 0.285. The Balaban J connectivity index is 1.26. The van der Waals surface area contributed by atoms with Gasteiger partial charge in [-0.05, 0) is 35.4 Å². The van der Waals surface area contributed by atoms with Gasteiger partial charge in [-0.15, -0.1) is 0 Å². The maximum atomic E-state index is 13.3. The molecule has 0 saturated carbocycles. The Morgan fingerprint density at radius 1 is 1.20 bits per heavy atom. The SMILES string of the molecule is CN(CC1OCCO1)/N=C/c1ccc(CN2C(=O)CN(S(=O)(=O)c3cc4cc(Cl)ccc4[nH]3)C[C@@H]2C(=O)O)cc1. The predicted octanol–water partition coefficient (Wildman–Crippen LogP) is 1.95. The van der Waals surface area contributed by atoms with Crippen LogP contribution in [-0.4, -0.2) is 103 Å². The molecule has 5 rings (SSSR count). The van der Waals surface area contributed by atoms with Crippen molar-refractivity contribution in [1.29, 1.82) is 0 Å². The normalized spacial score (nSPS) is 19.2. The van der Waals surface area contributed by atoms with Crippen molar-refractivity contribution in [3.8, 4) is 0 Å². The first kappa shape index (κ1) is 28.1. The molecule has 0 aliphatic carbocycles. The van der Waals surface area contributed by atoms with Gasteiger partial charge >= 0.3 is 5.97 Å². The molecule has 2 aliphatic heterocycles. The summed E-state index contributed by atoms with van der Waals surface area (Å²) < 4.78 is 38.4. The van der Waals surface area contributed by atoms with Crippen LogP contribution in [0.2, 0.25) is 5.02 Å². The zero-order valence-electron chi connectivity index (χ0n) is 21.6. The standard InChI is InChI=1S/C26H28ClN5O7S/c1-30(16-25-38-8-9-39-25)28-12-17-2-4-18(5-3-17)13-32-22(26(34)35)14-31(15-24(32)33)40(36,37)23-11-19-10-20(27)6-7-21(19)29-23/h2-7,10-12,22,25,29H,8-9,13-16H2,1H3,(H,34,35)/b28-12+/t22-/m1/s1. The van der Waals surface area contributed by atoms with Crippen LogP contribution in [0.4, 0.5) is 0 Å². The Morgan fingerprint density at radius 2 is 1.93 bits per heavy atom. The summed E-state index contributed by atoms with van der Waals surface area (Å²) in [5.74, 6) is -1.90. The van der Waals surface area contributed by atoms with Gasteiger partial charge in [0.15, 0.2) is 6.29 Å². The predicted molar refractivity (Wildman–Crippen MR) is 146 cm³/mol. The summed E-state index contributed by atoms with van der Waals surface area (Å²) in [6, 6.07) is 12.1. The molecule has 3 aromatic rings. The summed E-state index contributed by atoms with van der Waals surface area (Å²) in [5, 5.41) is 16.9. The van der Waals surface area contributed by atoms with Crippen LogP contribution in [0.3, 0.4) is 0 Å². The summed E-state index contributed by atoms with van der Waals surface area (Å²) in [6.45, 7) is 0.782. The van der Waals surface area contributed by atoms with Gasteiger partial charge in [-0.2, -0.15) is 9.41 Å². The van der Waals surface area contributed by atoms with Crippen molar-refractivity contribution in [3.63, 3.8) is 0 Å². The minimum Gasteiger partial charge on any atom is -0.480 e. The van der Waals surface area contributed by atoms with E-state index in [1.165, 1.54) is 11.0 Å². The van der Waals surface area contributed by atoms with E-state index in [2.05, 4.69) is 10.1 Å². The Morgan fingerprint density at radius 3 is 2.62 bits per heavy atom. The number of nitrogens with one attached hydrogen (secondary N) is 1. The number of likely N-dealkylation sites (N-methyl/N-ethyl adjacent to an activating group) is 1. The molecule has 1 amide bonds. The number of halogens is 1. The molecular formula is C26H28ClN5O7S. The van der Waals surface area contributed by atoms with Crippen LogP contribution in [-0.2, 0) is 35.6 Å². The summed E-state index contributed by atoms with van der Waals surface area (Å²) in [7, 11) is -2.36. The number of benzene rings is 2. The fourth-order valence-electron chi connectivity index (χ4n) is 4.57. The summed E-state index contributed by atoms with van der Waals surface area (Å²) in [5.41, 5.74) is 2.06. The number of aromatic amines is 1. The molecule has 2 fully saturated rings. The number of rotatable bonds is 9. The van der Waals surface area contributed by atoms with Crippen LogP contribution in [0.15, 0.2) is 58.7 Å². The van der Waals surface area contributed by atoms with Gasteiger partial charge in [-0.25, -0.2) is 13.2 Å². The number of carbonyl (C=O) groups is 2. The number of carbonyl (C=O) groups excluding carboxylic acids is 1. The number of carboxylic acid groups (broad SMARTS) is 1. The van der Waals surface area contributed by atoms with Gasteiger partial charge in [-0.1, -0.05) is 35.9 Å². The maximum absolute atomic E-state index is 13.3. The molecule has 14 heteroatoms. The lowest BCUT2D eigenvalue weighted by Gasteiger charge is -2.38. The molecule has 2 aliphatic rings. The van der Waals surface area contributed by atoms with Crippen molar-refractivity contribution in [2.24, 2.45) is 5.10 Å². The van der Waals surface area contributed by atoms with Gasteiger partial charge < -0.3 is 24.5 Å². The third kappa shape index (κ3) is 6.13. The molecule has 1 aromatic heterocycles. The number of aliphatic carboxylic acids is 1. The number of amides is 1. The molecule has 0 unspecified atom stereocenters. The third-order valence-corrected chi connectivity index (χ3v) is 8.66. The minimum atomic E-state index is -4.17. The second kappa shape index (κ2) is 11.6. The average molecular weight is 590 g/mol. The van der Waals surface area contributed by atoms with Crippen LogP contribution in [0.5, 0.6) is 0 Å². The Labute approximate surface area is 235 Å². The average Bonchev–Trinajstić information content (AvgIpc) is 3.59. The lowest BCUT2D eigenvalue weighted by molar-refractivity contribution is -0.154. The molecule has 2 saturated heterocycles. The molecule has 3 heterocycles. The third-order valence-electron chi connectivity index (χ3n) is 6.69. The van der Waals surface area contributed by atoms with Crippen molar-refractivity contribution in [2.45, 2.75) is 23.9 Å². The molecule has 40 heavy (non-hydrogen) atoms. The van der Waals surface area contributed by atoms with Gasteiger partial charge in [0.25, 0.3) is 10.0 Å². The molecule has 0 radical (unpaired) electrons. The van der Waals surface area contributed by atoms with E-state index < -0.39 is 34.5 Å². The number of piperazine rings is 1. The number of hydrazone groups is 1. The smallest absolute Gasteiger partial charge is 0.327 e. The van der Waals surface area contributed by atoms with Gasteiger partial charge in [0.2, 0.25) is 5.91 Å². The van der Waals surface area contributed by atoms with Crippen molar-refractivity contribution < 1.29 is 32.6 Å². The molecule has 2 aromatic carbocycles. The molecule has 2 N–H and O–H groups in total. The number of hydrogen-bond acceptors (Lipinski definition) is 8. The number of aromatic nitrogens is 1. The Kier molecular flexibility index (Phi) is 8.10. The monoisotopic (exact) mass is 589 g/mol. The van der Waals surface area contributed by atoms with Crippen molar-refractivity contribution in [3.05, 3.63) is 64.7 Å². The number of H-pyrrole nitrogens is 1. The highest BCUT2D eigenvalue weighted by Crippen LogP contribution is 2.26. The fraction of sp³-hybridized carbons (Fsp3) is 0.346. The van der Waals surface area contributed by atoms with Crippen LogP contribution in [0.1, 0.15) is 11.1 Å². The maximum Gasteiger partial charge on any atom is 0.327 e. The van der Waals surface area contributed by atoms with Gasteiger partial charge in [0.1, 0.15) is 11.1 Å². The van der Waals surface area contributed by atoms with Crippen molar-refractivity contribution >= 4 is 50.6 Å². The summed E-state index contributed by atoms with van der Waals surface area (Å²) in [6.07, 6.45) is 1.37. The van der Waals surface area contributed by atoms with Crippen LogP contribution < -0.4 is 0 Å². The van der Waals surface area contributed by atoms with Crippen LogP contribution in [0, 0.1) is 0 Å². The van der Waals surface area contributed by atoms with E-state index >= 15 is 0 Å². The topological polar surface area (TPSA) is 145 Å². The highest BCUT2D eigenvalue weighted by atomic mass is 35.5. The van der Waals surface area contributed by atoms with Gasteiger partial charge in [0, 0.05) is 36.1 Å². The van der Waals surface area contributed by atoms with E-state index in [4.69, 9.17) is 21.1 Å². The molecule has 1 atom stereocenters. The first-order chi connectivity index (χ1) is 19.1. The lowest BCUT2D eigenvalue weighted by Crippen LogP contribution is -2.60. The van der Waals surface area contributed by atoms with E-state index in [0.29, 0.717) is 41.2 Å². The molecule has 0 bridgehead atoms. The first-order valence-electron chi connectivity index (χ1n) is 12.5. The Bertz CT molecular complexity index is 1540. The van der Waals surface area contributed by atoms with Gasteiger partial charge in [0.05, 0.1) is 32.5 Å². The second-order valence-electron chi connectivity index (χ2n) is 9.54. The lowest BCUT2D eigenvalue weighted by atomic mass is 10.1. The molecule has 212 valence electrons.